The van der Waals surface area contributed by atoms with Crippen molar-refractivity contribution in [1.82, 2.24) is 10.1 Å². The van der Waals surface area contributed by atoms with E-state index >= 15 is 0 Å². The molecule has 3 saturated heterocycles. The van der Waals surface area contributed by atoms with Crippen LogP contribution < -0.4 is 0 Å². The second kappa shape index (κ2) is 6.35. The van der Waals surface area contributed by atoms with Crippen molar-refractivity contribution < 1.29 is 4.52 Å². The van der Waals surface area contributed by atoms with Gasteiger partial charge in [0.15, 0.2) is 5.76 Å². The van der Waals surface area contributed by atoms with Crippen molar-refractivity contribution in [1.29, 1.82) is 0 Å². The molecule has 1 atom stereocenters. The largest absolute Gasteiger partial charge is 0.357 e. The summed E-state index contributed by atoms with van der Waals surface area (Å²) in [5.41, 5.74) is 2.58. The van der Waals surface area contributed by atoms with Crippen molar-refractivity contribution in [2.45, 2.75) is 58.9 Å². The van der Waals surface area contributed by atoms with Crippen molar-refractivity contribution in [3.05, 3.63) is 23.1 Å². The molecule has 3 fully saturated rings. The first kappa shape index (κ1) is 14.8. The van der Waals surface area contributed by atoms with Gasteiger partial charge in [0, 0.05) is 12.1 Å². The number of aryl methyl sites for hydroxylation is 1. The van der Waals surface area contributed by atoms with Crippen LogP contribution in [0.5, 0.6) is 0 Å². The smallest absolute Gasteiger partial charge is 0.159 e. The summed E-state index contributed by atoms with van der Waals surface area (Å²) in [4.78, 5) is 2.70. The van der Waals surface area contributed by atoms with E-state index in [0.717, 1.165) is 23.3 Å². The summed E-state index contributed by atoms with van der Waals surface area (Å²) in [5.74, 6) is 2.54. The summed E-state index contributed by atoms with van der Waals surface area (Å²) in [6, 6.07) is 2.69. The number of nitrogens with zero attached hydrogens (tertiary/aromatic N) is 2. The van der Waals surface area contributed by atoms with Crippen molar-refractivity contribution in [3.63, 3.8) is 0 Å². The maximum absolute atomic E-state index is 5.44. The zero-order valence-electron chi connectivity index (χ0n) is 13.6. The summed E-state index contributed by atoms with van der Waals surface area (Å²) in [6.07, 6.45) is 8.82. The Morgan fingerprint density at radius 2 is 2.05 bits per heavy atom. The highest BCUT2D eigenvalue weighted by molar-refractivity contribution is 5.51. The summed E-state index contributed by atoms with van der Waals surface area (Å²) in [7, 11) is 0. The third-order valence-electron chi connectivity index (χ3n) is 5.49. The minimum Gasteiger partial charge on any atom is -0.357 e. The Kier molecular flexibility index (Phi) is 4.48. The summed E-state index contributed by atoms with van der Waals surface area (Å²) < 4.78 is 5.44. The molecule has 1 aromatic rings. The molecule has 0 saturated carbocycles. The van der Waals surface area contributed by atoms with Crippen molar-refractivity contribution in [2.24, 2.45) is 11.8 Å². The van der Waals surface area contributed by atoms with Crippen LogP contribution in [-0.4, -0.2) is 29.2 Å². The van der Waals surface area contributed by atoms with E-state index in [0.29, 0.717) is 6.04 Å². The minimum absolute atomic E-state index is 0.632. The van der Waals surface area contributed by atoms with Crippen LogP contribution in [0.2, 0.25) is 0 Å². The highest BCUT2D eigenvalue weighted by atomic mass is 16.5. The van der Waals surface area contributed by atoms with Gasteiger partial charge in [0.05, 0.1) is 5.69 Å². The van der Waals surface area contributed by atoms with Crippen molar-refractivity contribution in [3.8, 4) is 0 Å². The van der Waals surface area contributed by atoms with Gasteiger partial charge >= 0.3 is 0 Å². The molecular weight excluding hydrogens is 260 g/mol. The van der Waals surface area contributed by atoms with Crippen LogP contribution in [0.25, 0.3) is 6.08 Å². The lowest BCUT2D eigenvalue weighted by atomic mass is 9.75. The predicted octanol–water partition coefficient (Wildman–Crippen LogP) is 4.29. The Bertz CT molecular complexity index is 493. The van der Waals surface area contributed by atoms with E-state index in [4.69, 9.17) is 4.52 Å². The van der Waals surface area contributed by atoms with Crippen LogP contribution >= 0.6 is 0 Å². The molecule has 0 aromatic carbocycles. The first-order chi connectivity index (χ1) is 10.2. The zero-order valence-corrected chi connectivity index (χ0v) is 13.6. The van der Waals surface area contributed by atoms with Gasteiger partial charge in [-0.1, -0.05) is 31.8 Å². The Labute approximate surface area is 128 Å². The van der Waals surface area contributed by atoms with Crippen molar-refractivity contribution in [2.75, 3.05) is 13.1 Å². The average molecular weight is 288 g/mol. The maximum atomic E-state index is 5.44. The number of aromatic nitrogens is 1. The van der Waals surface area contributed by atoms with Crippen LogP contribution in [0.4, 0.5) is 0 Å². The number of hydrogen-bond donors (Lipinski definition) is 0. The van der Waals surface area contributed by atoms with Gasteiger partial charge in [0.25, 0.3) is 0 Å². The SMILES string of the molecule is CCC(CC)C[C@@H]1/C(=C\c2cc(C)no2)C2CCN1CC2. The molecule has 3 heteroatoms. The third-order valence-corrected chi connectivity index (χ3v) is 5.49. The Morgan fingerprint density at radius 3 is 2.62 bits per heavy atom. The summed E-state index contributed by atoms with van der Waals surface area (Å²) in [5, 5.41) is 4.03. The fraction of sp³-hybridized carbons (Fsp3) is 0.722. The lowest BCUT2D eigenvalue weighted by molar-refractivity contribution is 0.0881. The molecule has 4 rings (SSSR count). The summed E-state index contributed by atoms with van der Waals surface area (Å²) >= 11 is 0. The number of rotatable bonds is 5. The van der Waals surface area contributed by atoms with E-state index in [9.17, 15) is 0 Å². The number of piperidine rings is 3. The van der Waals surface area contributed by atoms with E-state index in [-0.39, 0.29) is 0 Å². The lowest BCUT2D eigenvalue weighted by Crippen LogP contribution is -2.50. The first-order valence-corrected chi connectivity index (χ1v) is 8.60. The van der Waals surface area contributed by atoms with Gasteiger partial charge in [0.2, 0.25) is 0 Å². The van der Waals surface area contributed by atoms with E-state index in [1.54, 1.807) is 5.57 Å². The monoisotopic (exact) mass is 288 g/mol. The van der Waals surface area contributed by atoms with Crippen molar-refractivity contribution >= 4 is 6.08 Å². The second-order valence-electron chi connectivity index (χ2n) is 6.76. The molecule has 0 amide bonds. The Morgan fingerprint density at radius 1 is 1.33 bits per heavy atom. The molecule has 3 nitrogen and oxygen atoms in total. The van der Waals surface area contributed by atoms with Gasteiger partial charge in [-0.05, 0) is 62.8 Å². The van der Waals surface area contributed by atoms with Gasteiger partial charge < -0.3 is 4.52 Å². The predicted molar refractivity (Wildman–Crippen MR) is 86.0 cm³/mol. The standard InChI is InChI=1S/C18H28N2O/c1-4-14(5-2)11-18-17(12-16-10-13(3)19-21-16)15-6-8-20(18)9-7-15/h10,12,14-15,18H,4-9,11H2,1-3H3/b17-12-/t18-/m1/s1. The van der Waals surface area contributed by atoms with E-state index in [1.807, 2.05) is 6.92 Å². The van der Waals surface area contributed by atoms with E-state index in [2.05, 4.69) is 36.0 Å². The Hall–Kier alpha value is -1.09. The molecule has 116 valence electrons. The fourth-order valence-electron chi connectivity index (χ4n) is 4.08. The quantitative estimate of drug-likeness (QED) is 0.809. The maximum Gasteiger partial charge on any atom is 0.159 e. The highest BCUT2D eigenvalue weighted by Gasteiger charge is 2.38. The fourth-order valence-corrected chi connectivity index (χ4v) is 4.08. The zero-order chi connectivity index (χ0) is 14.8. The molecule has 0 unspecified atom stereocenters. The topological polar surface area (TPSA) is 29.3 Å². The first-order valence-electron chi connectivity index (χ1n) is 8.60. The molecule has 0 radical (unpaired) electrons. The van der Waals surface area contributed by atoms with E-state index in [1.165, 1.54) is 45.2 Å². The van der Waals surface area contributed by atoms with Crippen LogP contribution in [0.3, 0.4) is 0 Å². The molecule has 21 heavy (non-hydrogen) atoms. The number of fused-ring (bicyclic) bond motifs is 3. The lowest BCUT2D eigenvalue weighted by Gasteiger charge is -2.48. The summed E-state index contributed by atoms with van der Waals surface area (Å²) in [6.45, 7) is 9.20. The average Bonchev–Trinajstić information content (AvgIpc) is 2.92. The molecule has 0 aliphatic carbocycles. The third kappa shape index (κ3) is 3.08. The van der Waals surface area contributed by atoms with Gasteiger partial charge in [-0.25, -0.2) is 0 Å². The molecule has 0 spiro atoms. The second-order valence-corrected chi connectivity index (χ2v) is 6.76. The van der Waals surface area contributed by atoms with E-state index < -0.39 is 0 Å². The molecule has 4 heterocycles. The Balaban J connectivity index is 1.85. The highest BCUT2D eigenvalue weighted by Crippen LogP contribution is 2.40. The van der Waals surface area contributed by atoms with Gasteiger partial charge in [0.1, 0.15) is 0 Å². The van der Waals surface area contributed by atoms with Gasteiger partial charge in [-0.2, -0.15) is 0 Å². The molecule has 2 bridgehead atoms. The van der Waals surface area contributed by atoms with Gasteiger partial charge in [-0.15, -0.1) is 0 Å². The molecular formula is C18H28N2O. The molecule has 3 aliphatic heterocycles. The normalized spacial score (nSPS) is 30.5. The van der Waals surface area contributed by atoms with Gasteiger partial charge in [-0.3, -0.25) is 4.90 Å². The molecule has 3 aliphatic rings. The van der Waals surface area contributed by atoms with Crippen LogP contribution in [0.1, 0.15) is 57.4 Å². The minimum atomic E-state index is 0.632. The number of hydrogen-bond acceptors (Lipinski definition) is 3. The van der Waals surface area contributed by atoms with Crippen LogP contribution in [0, 0.1) is 18.8 Å². The van der Waals surface area contributed by atoms with Crippen LogP contribution in [0.15, 0.2) is 16.2 Å². The molecule has 0 N–H and O–H groups in total. The van der Waals surface area contributed by atoms with Crippen LogP contribution in [-0.2, 0) is 0 Å². The molecule has 1 aromatic heterocycles.